The Labute approximate surface area is 108 Å². The van der Waals surface area contributed by atoms with Gasteiger partial charge in [-0.25, -0.2) is 4.98 Å². The zero-order valence-corrected chi connectivity index (χ0v) is 9.63. The first kappa shape index (κ1) is 12.3. The molecular weight excluding hydrogens is 277 g/mol. The SMILES string of the molecule is O=Cc1cn2cc(-c3noc(C(F)(F)F)n3)ccc2n1. The standard InChI is InChI=1S/C11H5F3N4O2/c12-11(13,14)10-16-9(17-20-10)6-1-2-8-15-7(5-19)4-18(8)3-6/h1-5H. The van der Waals surface area contributed by atoms with Gasteiger partial charge in [0.05, 0.1) is 0 Å². The van der Waals surface area contributed by atoms with Gasteiger partial charge >= 0.3 is 12.1 Å². The van der Waals surface area contributed by atoms with E-state index in [4.69, 9.17) is 0 Å². The Morgan fingerprint density at radius 2 is 2.00 bits per heavy atom. The van der Waals surface area contributed by atoms with Crippen LogP contribution in [0.3, 0.4) is 0 Å². The molecule has 20 heavy (non-hydrogen) atoms. The molecular formula is C11H5F3N4O2. The van der Waals surface area contributed by atoms with Gasteiger partial charge in [0.1, 0.15) is 11.3 Å². The third-order valence-corrected chi connectivity index (χ3v) is 2.52. The summed E-state index contributed by atoms with van der Waals surface area (Å²) >= 11 is 0. The number of halogens is 3. The Bertz CT molecular complexity index is 790. The van der Waals surface area contributed by atoms with Crippen molar-refractivity contribution in [1.82, 2.24) is 19.5 Å². The third-order valence-electron chi connectivity index (χ3n) is 2.52. The monoisotopic (exact) mass is 282 g/mol. The molecule has 6 nitrogen and oxygen atoms in total. The van der Waals surface area contributed by atoms with Crippen LogP contribution in [-0.2, 0) is 6.18 Å². The topological polar surface area (TPSA) is 73.3 Å². The molecule has 0 aliphatic heterocycles. The fourth-order valence-corrected chi connectivity index (χ4v) is 1.66. The maximum atomic E-state index is 12.4. The van der Waals surface area contributed by atoms with Crippen molar-refractivity contribution in [3.8, 4) is 11.4 Å². The Balaban J connectivity index is 2.05. The zero-order valence-electron chi connectivity index (χ0n) is 9.63. The number of aldehydes is 1. The third kappa shape index (κ3) is 2.02. The predicted molar refractivity (Wildman–Crippen MR) is 58.9 cm³/mol. The second kappa shape index (κ2) is 4.15. The molecule has 0 radical (unpaired) electrons. The van der Waals surface area contributed by atoms with Crippen LogP contribution in [0.4, 0.5) is 13.2 Å². The van der Waals surface area contributed by atoms with Crippen molar-refractivity contribution >= 4 is 11.9 Å². The van der Waals surface area contributed by atoms with E-state index in [9.17, 15) is 18.0 Å². The number of aromatic nitrogens is 4. The highest BCUT2D eigenvalue weighted by Gasteiger charge is 2.38. The van der Waals surface area contributed by atoms with Gasteiger partial charge in [-0.05, 0) is 12.1 Å². The summed E-state index contributed by atoms with van der Waals surface area (Å²) in [6.07, 6.45) is -1.21. The van der Waals surface area contributed by atoms with E-state index in [-0.39, 0.29) is 11.5 Å². The average Bonchev–Trinajstić information content (AvgIpc) is 3.03. The number of nitrogens with zero attached hydrogens (tertiary/aromatic N) is 4. The summed E-state index contributed by atoms with van der Waals surface area (Å²) in [6, 6.07) is 3.02. The molecule has 0 fully saturated rings. The number of pyridine rings is 1. The van der Waals surface area contributed by atoms with E-state index >= 15 is 0 Å². The second-order valence-electron chi connectivity index (χ2n) is 3.89. The molecule has 0 saturated carbocycles. The first-order chi connectivity index (χ1) is 9.47. The van der Waals surface area contributed by atoms with Gasteiger partial charge in [0, 0.05) is 18.0 Å². The number of alkyl halides is 3. The number of imidazole rings is 1. The van der Waals surface area contributed by atoms with Crippen molar-refractivity contribution in [3.63, 3.8) is 0 Å². The molecule has 0 atom stereocenters. The van der Waals surface area contributed by atoms with Crippen LogP contribution in [0.2, 0.25) is 0 Å². The molecule has 0 amide bonds. The van der Waals surface area contributed by atoms with Crippen LogP contribution in [0, 0.1) is 0 Å². The van der Waals surface area contributed by atoms with E-state index in [1.807, 2.05) is 0 Å². The summed E-state index contributed by atoms with van der Waals surface area (Å²) in [5.74, 6) is -1.60. The second-order valence-corrected chi connectivity index (χ2v) is 3.89. The molecule has 0 spiro atoms. The van der Waals surface area contributed by atoms with Gasteiger partial charge in [-0.3, -0.25) is 4.79 Å². The molecule has 102 valence electrons. The lowest BCUT2D eigenvalue weighted by atomic mass is 10.3. The minimum absolute atomic E-state index is 0.194. The number of rotatable bonds is 2. The average molecular weight is 282 g/mol. The zero-order chi connectivity index (χ0) is 14.3. The first-order valence-electron chi connectivity index (χ1n) is 5.32. The van der Waals surface area contributed by atoms with Gasteiger partial charge in [0.2, 0.25) is 5.82 Å². The Hall–Kier alpha value is -2.71. The fourth-order valence-electron chi connectivity index (χ4n) is 1.66. The largest absolute Gasteiger partial charge is 0.471 e. The van der Waals surface area contributed by atoms with Crippen LogP contribution in [0.5, 0.6) is 0 Å². The van der Waals surface area contributed by atoms with Crippen LogP contribution in [0.25, 0.3) is 17.0 Å². The van der Waals surface area contributed by atoms with Crippen LogP contribution < -0.4 is 0 Å². The van der Waals surface area contributed by atoms with Gasteiger partial charge in [0.25, 0.3) is 0 Å². The summed E-state index contributed by atoms with van der Waals surface area (Å²) in [5, 5.41) is 3.28. The molecule has 3 heterocycles. The highest BCUT2D eigenvalue weighted by molar-refractivity contribution is 5.73. The Morgan fingerprint density at radius 1 is 1.20 bits per heavy atom. The van der Waals surface area contributed by atoms with Gasteiger partial charge in [0.15, 0.2) is 6.29 Å². The summed E-state index contributed by atoms with van der Waals surface area (Å²) in [5.41, 5.74) is 1.01. The van der Waals surface area contributed by atoms with Crippen molar-refractivity contribution in [2.24, 2.45) is 0 Å². The van der Waals surface area contributed by atoms with E-state index in [2.05, 4.69) is 19.6 Å². The Kier molecular flexibility index (Phi) is 2.56. The van der Waals surface area contributed by atoms with Crippen LogP contribution in [0.15, 0.2) is 29.0 Å². The van der Waals surface area contributed by atoms with E-state index in [0.29, 0.717) is 17.5 Å². The summed E-state index contributed by atoms with van der Waals surface area (Å²) < 4.78 is 42.7. The molecule has 0 aliphatic carbocycles. The van der Waals surface area contributed by atoms with Gasteiger partial charge in [-0.2, -0.15) is 18.2 Å². The molecule has 0 N–H and O–H groups in total. The van der Waals surface area contributed by atoms with Gasteiger partial charge in [-0.1, -0.05) is 5.16 Å². The number of fused-ring (bicyclic) bond motifs is 1. The van der Waals surface area contributed by atoms with Gasteiger partial charge in [-0.15, -0.1) is 0 Å². The molecule has 0 aromatic carbocycles. The van der Waals surface area contributed by atoms with Crippen molar-refractivity contribution in [2.75, 3.05) is 0 Å². The molecule has 0 bridgehead atoms. The number of carbonyl (C=O) groups excluding carboxylic acids is 1. The summed E-state index contributed by atoms with van der Waals surface area (Å²) in [6.45, 7) is 0. The van der Waals surface area contributed by atoms with E-state index in [1.165, 1.54) is 28.9 Å². The predicted octanol–water partition coefficient (Wildman–Crippen LogP) is 2.22. The fraction of sp³-hybridized carbons (Fsp3) is 0.0909. The summed E-state index contributed by atoms with van der Waals surface area (Å²) in [4.78, 5) is 17.8. The lowest BCUT2D eigenvalue weighted by Crippen LogP contribution is -2.04. The van der Waals surface area contributed by atoms with E-state index < -0.39 is 12.1 Å². The normalized spacial score (nSPS) is 11.9. The molecule has 0 aliphatic rings. The lowest BCUT2D eigenvalue weighted by Gasteiger charge is -1.97. The van der Waals surface area contributed by atoms with Crippen LogP contribution >= 0.6 is 0 Å². The van der Waals surface area contributed by atoms with E-state index in [0.717, 1.165) is 0 Å². The minimum atomic E-state index is -4.69. The maximum absolute atomic E-state index is 12.4. The van der Waals surface area contributed by atoms with Crippen molar-refractivity contribution in [1.29, 1.82) is 0 Å². The Morgan fingerprint density at radius 3 is 2.65 bits per heavy atom. The molecule has 3 rings (SSSR count). The van der Waals surface area contributed by atoms with Crippen molar-refractivity contribution < 1.29 is 22.5 Å². The molecule has 3 aromatic rings. The quantitative estimate of drug-likeness (QED) is 0.674. The highest BCUT2D eigenvalue weighted by Crippen LogP contribution is 2.29. The van der Waals surface area contributed by atoms with Crippen molar-refractivity contribution in [2.45, 2.75) is 6.18 Å². The van der Waals surface area contributed by atoms with Crippen LogP contribution in [-0.4, -0.2) is 25.8 Å². The number of carbonyl (C=O) groups is 1. The molecule has 0 saturated heterocycles. The van der Waals surface area contributed by atoms with Crippen molar-refractivity contribution in [3.05, 3.63) is 36.1 Å². The number of hydrogen-bond donors (Lipinski definition) is 0. The molecule has 9 heteroatoms. The highest BCUT2D eigenvalue weighted by atomic mass is 19.4. The smallest absolute Gasteiger partial charge is 0.329 e. The molecule has 0 unspecified atom stereocenters. The molecule has 3 aromatic heterocycles. The van der Waals surface area contributed by atoms with Gasteiger partial charge < -0.3 is 8.92 Å². The number of hydrogen-bond acceptors (Lipinski definition) is 5. The minimum Gasteiger partial charge on any atom is -0.329 e. The first-order valence-corrected chi connectivity index (χ1v) is 5.32. The lowest BCUT2D eigenvalue weighted by molar-refractivity contribution is -0.159. The van der Waals surface area contributed by atoms with Crippen LogP contribution in [0.1, 0.15) is 16.4 Å². The maximum Gasteiger partial charge on any atom is 0.471 e. The van der Waals surface area contributed by atoms with E-state index in [1.54, 1.807) is 0 Å². The summed E-state index contributed by atoms with van der Waals surface area (Å²) in [7, 11) is 0.